The topological polar surface area (TPSA) is 348 Å². The Labute approximate surface area is 451 Å². The van der Waals surface area contributed by atoms with Crippen LogP contribution in [0.1, 0.15) is 51.7 Å². The SMILES string of the molecule is CC[C@@]1(O)C(=O)OCc2c1cc1n(c2=O)Cc2c-1nc1cc(F)c(C)cc1c2-c1ccc(OS(=O)(=O)Oc2cc(C(=O)N(C)CCOCCn3cc(CN4C(=O)C=CC4=O)nn3)ccc2OC2O[C@H](C(=O)O)[C@@H](O)[C@H](O)[C@H]2O)cc1. The third-order valence-corrected chi connectivity index (χ3v) is 14.7. The summed E-state index contributed by atoms with van der Waals surface area (Å²) in [6, 6.07) is 13.0. The molecule has 1 saturated heterocycles. The molecule has 0 spiro atoms. The fourth-order valence-electron chi connectivity index (χ4n) is 9.59. The number of cyclic esters (lactones) is 1. The van der Waals surface area contributed by atoms with Crippen molar-refractivity contribution in [2.75, 3.05) is 26.8 Å². The van der Waals surface area contributed by atoms with E-state index in [1.54, 1.807) is 26.1 Å². The van der Waals surface area contributed by atoms with Gasteiger partial charge in [-0.25, -0.2) is 23.6 Å². The van der Waals surface area contributed by atoms with Crippen LogP contribution in [0.4, 0.5) is 4.39 Å². The summed E-state index contributed by atoms with van der Waals surface area (Å²) in [6.07, 6.45) is -6.70. The second-order valence-electron chi connectivity index (χ2n) is 19.1. The molecule has 7 heterocycles. The molecule has 6 atom stereocenters. The molecule has 1 fully saturated rings. The number of hydrogen-bond acceptors (Lipinski definition) is 21. The number of aliphatic hydroxyl groups is 4. The number of carboxylic acids is 1. The standard InChI is InChI=1S/C52H48FN7O19S/c1-4-52(71)33-19-36-42-31(23-59(36)48(67)32(33)24-75-51(52)70)41(30-17-25(2)34(53)20-35(30)54-42)26-5-8-29(9-6-26)78-80(72,73)79-38-18-27(7-10-37(38)76-50-45(65)43(63)44(64)46(77-50)49(68)69)47(66)57(3)13-15-74-16-14-58-21-28(55-56-58)22-60-39(61)11-12-40(60)62/h5-12,17-21,43-46,50,63-65,71H,4,13-16,22-24H2,1-3H3,(H,68,69)/t43-,44-,45+,46-,50?,52-/m0/s1. The summed E-state index contributed by atoms with van der Waals surface area (Å²) in [7, 11) is -3.80. The molecule has 5 N–H and O–H groups in total. The van der Waals surface area contributed by atoms with Gasteiger partial charge in [-0.15, -0.1) is 13.5 Å². The van der Waals surface area contributed by atoms with Gasteiger partial charge in [-0.3, -0.25) is 24.1 Å². The fourth-order valence-corrected chi connectivity index (χ4v) is 10.3. The van der Waals surface area contributed by atoms with Gasteiger partial charge in [-0.1, -0.05) is 24.3 Å². The van der Waals surface area contributed by atoms with Crippen LogP contribution in [0.3, 0.4) is 0 Å². The summed E-state index contributed by atoms with van der Waals surface area (Å²) in [6.45, 7) is 2.98. The van der Waals surface area contributed by atoms with Crippen molar-refractivity contribution in [3.05, 3.63) is 129 Å². The lowest BCUT2D eigenvalue weighted by molar-refractivity contribution is -0.271. The van der Waals surface area contributed by atoms with E-state index in [0.717, 1.165) is 29.2 Å². The van der Waals surface area contributed by atoms with Crippen LogP contribution in [0.5, 0.6) is 17.2 Å². The van der Waals surface area contributed by atoms with Gasteiger partial charge >= 0.3 is 22.3 Å². The van der Waals surface area contributed by atoms with Crippen molar-refractivity contribution >= 4 is 51.0 Å². The number of carbonyl (C=O) groups is 5. The highest BCUT2D eigenvalue weighted by Gasteiger charge is 2.49. The van der Waals surface area contributed by atoms with Gasteiger partial charge in [-0.2, -0.15) is 0 Å². The first kappa shape index (κ1) is 54.8. The van der Waals surface area contributed by atoms with E-state index in [0.29, 0.717) is 27.8 Å². The Hall–Kier alpha value is -8.51. The lowest BCUT2D eigenvalue weighted by Gasteiger charge is -2.38. The third kappa shape index (κ3) is 10.2. The monoisotopic (exact) mass is 1130 g/mol. The number of hydrogen-bond donors (Lipinski definition) is 5. The maximum absolute atomic E-state index is 15.2. The van der Waals surface area contributed by atoms with Crippen molar-refractivity contribution in [3.63, 3.8) is 0 Å². The van der Waals surface area contributed by atoms with Gasteiger partial charge in [0.05, 0.1) is 61.5 Å². The number of amides is 3. The van der Waals surface area contributed by atoms with E-state index in [1.807, 2.05) is 0 Å². The Morgan fingerprint density at radius 3 is 2.38 bits per heavy atom. The van der Waals surface area contributed by atoms with Crippen molar-refractivity contribution < 1.29 is 89.6 Å². The number of rotatable bonds is 18. The number of aliphatic hydroxyl groups excluding tert-OH is 3. The predicted molar refractivity (Wildman–Crippen MR) is 269 cm³/mol. The minimum Gasteiger partial charge on any atom is -0.479 e. The number of benzene rings is 3. The zero-order valence-electron chi connectivity index (χ0n) is 42.4. The number of esters is 1. The molecule has 0 aliphatic carbocycles. The molecule has 418 valence electrons. The Morgan fingerprint density at radius 1 is 0.925 bits per heavy atom. The highest BCUT2D eigenvalue weighted by molar-refractivity contribution is 7.82. The lowest BCUT2D eigenvalue weighted by Crippen LogP contribution is -2.61. The smallest absolute Gasteiger partial charge is 0.479 e. The molecule has 0 radical (unpaired) electrons. The van der Waals surface area contributed by atoms with E-state index in [2.05, 4.69) is 10.3 Å². The first-order valence-corrected chi connectivity index (χ1v) is 25.9. The van der Waals surface area contributed by atoms with E-state index in [4.69, 9.17) is 32.3 Å². The van der Waals surface area contributed by atoms with Crippen LogP contribution in [0.2, 0.25) is 0 Å². The molecule has 0 bridgehead atoms. The number of nitrogens with zero attached hydrogens (tertiary/aromatic N) is 7. The molecule has 1 unspecified atom stereocenters. The van der Waals surface area contributed by atoms with Crippen LogP contribution < -0.4 is 18.7 Å². The number of aliphatic carboxylic acids is 1. The molecule has 4 aliphatic heterocycles. The van der Waals surface area contributed by atoms with Crippen molar-refractivity contribution in [2.45, 2.75) is 82.8 Å². The molecule has 3 amide bonds. The first-order chi connectivity index (χ1) is 38.0. The molecule has 26 nitrogen and oxygen atoms in total. The summed E-state index contributed by atoms with van der Waals surface area (Å²) in [4.78, 5) is 83.3. The van der Waals surface area contributed by atoms with Crippen LogP contribution in [0.15, 0.2) is 83.8 Å². The van der Waals surface area contributed by atoms with E-state index in [-0.39, 0.29) is 97.3 Å². The van der Waals surface area contributed by atoms with E-state index < -0.39 is 99.2 Å². The zero-order chi connectivity index (χ0) is 57.1. The van der Waals surface area contributed by atoms with Gasteiger partial charge in [0.25, 0.3) is 23.3 Å². The molecule has 3 aromatic heterocycles. The van der Waals surface area contributed by atoms with Crippen molar-refractivity contribution in [1.29, 1.82) is 0 Å². The fraction of sp³-hybridized carbons (Fsp3) is 0.327. The largest absolute Gasteiger partial charge is 0.501 e. The molecular formula is C52H48FN7O19S. The maximum atomic E-state index is 15.2. The first-order valence-electron chi connectivity index (χ1n) is 24.6. The Kier molecular flexibility index (Phi) is 14.6. The normalized spacial score (nSPS) is 21.3. The Balaban J connectivity index is 0.883. The second kappa shape index (κ2) is 21.3. The van der Waals surface area contributed by atoms with Gasteiger partial charge in [0, 0.05) is 53.9 Å². The highest BCUT2D eigenvalue weighted by Crippen LogP contribution is 2.44. The molecule has 3 aromatic carbocycles. The number of fused-ring (bicyclic) bond motifs is 5. The number of halogens is 1. The number of likely N-dealkylation sites (N-methyl/N-ethyl adjacent to an activating group) is 1. The molecular weight excluding hydrogens is 1080 g/mol. The summed E-state index contributed by atoms with van der Waals surface area (Å²) in [5.74, 6) is -6.47. The minimum atomic E-state index is -5.22. The van der Waals surface area contributed by atoms with Gasteiger partial charge in [0.15, 0.2) is 23.2 Å². The number of imide groups is 1. The third-order valence-electron chi connectivity index (χ3n) is 13.9. The summed E-state index contributed by atoms with van der Waals surface area (Å²) in [5, 5.41) is 60.9. The summed E-state index contributed by atoms with van der Waals surface area (Å²) < 4.78 is 78.3. The van der Waals surface area contributed by atoms with Crippen molar-refractivity contribution in [1.82, 2.24) is 34.3 Å². The predicted octanol–water partition coefficient (Wildman–Crippen LogP) is 0.973. The minimum absolute atomic E-state index is 0.00116. The number of pyridine rings is 2. The van der Waals surface area contributed by atoms with E-state index >= 15 is 4.39 Å². The zero-order valence-corrected chi connectivity index (χ0v) is 43.2. The van der Waals surface area contributed by atoms with Crippen molar-refractivity contribution in [2.24, 2.45) is 0 Å². The van der Waals surface area contributed by atoms with Crippen LogP contribution in [-0.2, 0) is 75.6 Å². The molecule has 0 saturated carbocycles. The highest BCUT2D eigenvalue weighted by atomic mass is 32.3. The number of ether oxygens (including phenoxy) is 4. The molecule has 10 rings (SSSR count). The van der Waals surface area contributed by atoms with E-state index in [9.17, 15) is 62.7 Å². The average Bonchev–Trinajstić information content (AvgIpc) is 4.25. The lowest BCUT2D eigenvalue weighted by atomic mass is 9.86. The van der Waals surface area contributed by atoms with Gasteiger partial charge in [0.1, 0.15) is 42.2 Å². The summed E-state index contributed by atoms with van der Waals surface area (Å²) in [5.41, 5.74) is 0.108. The number of carboxylic acid groups (broad SMARTS) is 1. The molecule has 80 heavy (non-hydrogen) atoms. The van der Waals surface area contributed by atoms with E-state index in [1.165, 1.54) is 63.7 Å². The average molecular weight is 1130 g/mol. The quantitative estimate of drug-likeness (QED) is 0.0454. The van der Waals surface area contributed by atoms with Crippen molar-refractivity contribution in [3.8, 4) is 39.8 Å². The number of aromatic nitrogens is 5. The maximum Gasteiger partial charge on any atom is 0.501 e. The number of carbonyl (C=O) groups excluding carboxylic acids is 4. The molecule has 6 aromatic rings. The Morgan fingerprint density at radius 2 is 1.66 bits per heavy atom. The van der Waals surface area contributed by atoms with Crippen LogP contribution in [-0.4, -0.2) is 155 Å². The van der Waals surface area contributed by atoms with Crippen LogP contribution in [0, 0.1) is 12.7 Å². The number of aryl methyl sites for hydroxylation is 1. The molecule has 28 heteroatoms. The second-order valence-corrected chi connectivity index (χ2v) is 20.2. The van der Waals surface area contributed by atoms with Gasteiger partial charge < -0.3 is 62.3 Å². The van der Waals surface area contributed by atoms with Crippen LogP contribution >= 0.6 is 0 Å². The van der Waals surface area contributed by atoms with Gasteiger partial charge in [0.2, 0.25) is 6.29 Å². The molecule has 4 aliphatic rings. The Bertz CT molecular complexity index is 3740. The summed E-state index contributed by atoms with van der Waals surface area (Å²) >= 11 is 0. The van der Waals surface area contributed by atoms with Gasteiger partial charge in [-0.05, 0) is 72.5 Å². The van der Waals surface area contributed by atoms with Crippen LogP contribution in [0.25, 0.3) is 33.4 Å².